The summed E-state index contributed by atoms with van der Waals surface area (Å²) in [6.45, 7) is 5.02. The molecule has 2 unspecified atom stereocenters. The van der Waals surface area contributed by atoms with Gasteiger partial charge in [-0.2, -0.15) is 0 Å². The number of carbonyl (C=O) groups is 1. The van der Waals surface area contributed by atoms with Crippen LogP contribution < -0.4 is 5.32 Å². The molecular formula is C18H24N4O. The average molecular weight is 312 g/mol. The minimum Gasteiger partial charge on any atom is -0.348 e. The van der Waals surface area contributed by atoms with Crippen molar-refractivity contribution >= 4 is 5.91 Å². The number of carbonyl (C=O) groups excluding carboxylic acids is 1. The van der Waals surface area contributed by atoms with Gasteiger partial charge in [-0.05, 0) is 58.0 Å². The van der Waals surface area contributed by atoms with Crippen molar-refractivity contribution in [3.05, 3.63) is 48.0 Å². The summed E-state index contributed by atoms with van der Waals surface area (Å²) in [4.78, 5) is 18.7. The molecule has 1 aromatic heterocycles. The Morgan fingerprint density at radius 2 is 2.09 bits per heavy atom. The molecule has 0 aliphatic carbocycles. The van der Waals surface area contributed by atoms with Crippen LogP contribution in [-0.4, -0.2) is 40.0 Å². The number of nitrogens with zero attached hydrogens (tertiary/aromatic N) is 3. The second-order valence-corrected chi connectivity index (χ2v) is 6.30. The van der Waals surface area contributed by atoms with E-state index < -0.39 is 0 Å². The number of nitrogens with one attached hydrogen (secondary N) is 1. The number of aryl methyl sites for hydroxylation is 1. The van der Waals surface area contributed by atoms with Crippen LogP contribution in [0.4, 0.5) is 0 Å². The summed E-state index contributed by atoms with van der Waals surface area (Å²) in [5, 5.41) is 3.13. The lowest BCUT2D eigenvalue weighted by Gasteiger charge is -2.22. The van der Waals surface area contributed by atoms with Crippen molar-refractivity contribution in [2.45, 2.75) is 38.8 Å². The molecule has 1 aromatic carbocycles. The van der Waals surface area contributed by atoms with Gasteiger partial charge in [0.1, 0.15) is 5.82 Å². The maximum Gasteiger partial charge on any atom is 0.237 e. The first-order chi connectivity index (χ1) is 11.1. The molecule has 2 aromatic rings. The van der Waals surface area contributed by atoms with Gasteiger partial charge in [-0.3, -0.25) is 9.69 Å². The summed E-state index contributed by atoms with van der Waals surface area (Å²) < 4.78 is 2.04. The molecule has 1 amide bonds. The fourth-order valence-corrected chi connectivity index (χ4v) is 3.21. The molecule has 1 aliphatic rings. The van der Waals surface area contributed by atoms with E-state index in [0.717, 1.165) is 36.5 Å². The number of likely N-dealkylation sites (N-methyl/N-ethyl adjacent to an activating group) is 1. The van der Waals surface area contributed by atoms with Crippen molar-refractivity contribution in [2.75, 3.05) is 13.6 Å². The lowest BCUT2D eigenvalue weighted by atomic mass is 10.1. The molecule has 1 N–H and O–H groups in total. The number of benzene rings is 1. The molecule has 0 bridgehead atoms. The van der Waals surface area contributed by atoms with E-state index in [1.165, 1.54) is 0 Å². The Labute approximate surface area is 137 Å². The minimum atomic E-state index is 0.00874. The summed E-state index contributed by atoms with van der Waals surface area (Å²) in [7, 11) is 2.02. The minimum absolute atomic E-state index is 0.00874. The van der Waals surface area contributed by atoms with Crippen molar-refractivity contribution < 1.29 is 4.79 Å². The smallest absolute Gasteiger partial charge is 0.237 e. The summed E-state index contributed by atoms with van der Waals surface area (Å²) in [5.41, 5.74) is 2.19. The monoisotopic (exact) mass is 312 g/mol. The van der Waals surface area contributed by atoms with Gasteiger partial charge >= 0.3 is 0 Å². The second kappa shape index (κ2) is 6.54. The van der Waals surface area contributed by atoms with Gasteiger partial charge in [-0.15, -0.1) is 0 Å². The van der Waals surface area contributed by atoms with Crippen LogP contribution in [0.25, 0.3) is 5.69 Å². The predicted octanol–water partition coefficient (Wildman–Crippen LogP) is 2.45. The Kier molecular flexibility index (Phi) is 4.48. The number of likely N-dealkylation sites (tertiary alicyclic amines) is 1. The van der Waals surface area contributed by atoms with Crippen LogP contribution in [-0.2, 0) is 4.79 Å². The lowest BCUT2D eigenvalue weighted by molar-refractivity contribution is -0.125. The fraction of sp³-hybridized carbons (Fsp3) is 0.444. The summed E-state index contributed by atoms with van der Waals surface area (Å²) in [5.74, 6) is 1.09. The first kappa shape index (κ1) is 15.7. The molecule has 0 radical (unpaired) electrons. The van der Waals surface area contributed by atoms with Crippen LogP contribution in [0.2, 0.25) is 0 Å². The first-order valence-electron chi connectivity index (χ1n) is 8.17. The predicted molar refractivity (Wildman–Crippen MR) is 90.5 cm³/mol. The maximum absolute atomic E-state index is 12.4. The van der Waals surface area contributed by atoms with Crippen molar-refractivity contribution in [3.8, 4) is 5.69 Å². The van der Waals surface area contributed by atoms with Gasteiger partial charge in [0.25, 0.3) is 0 Å². The van der Waals surface area contributed by atoms with E-state index in [1.54, 1.807) is 6.20 Å². The fourth-order valence-electron chi connectivity index (χ4n) is 3.21. The highest BCUT2D eigenvalue weighted by molar-refractivity contribution is 5.82. The Bertz CT molecular complexity index is 677. The van der Waals surface area contributed by atoms with Crippen LogP contribution in [0.5, 0.6) is 0 Å². The normalized spacial score (nSPS) is 19.7. The van der Waals surface area contributed by atoms with Crippen LogP contribution in [0.3, 0.4) is 0 Å². The third kappa shape index (κ3) is 3.29. The highest BCUT2D eigenvalue weighted by atomic mass is 16.2. The van der Waals surface area contributed by atoms with E-state index in [0.29, 0.717) is 0 Å². The van der Waals surface area contributed by atoms with Gasteiger partial charge in [0.15, 0.2) is 0 Å². The van der Waals surface area contributed by atoms with Crippen LogP contribution >= 0.6 is 0 Å². The SMILES string of the molecule is Cc1nccn1-c1ccc(C(C)NC(=O)C2CCCN2C)cc1. The van der Waals surface area contributed by atoms with Gasteiger partial charge < -0.3 is 9.88 Å². The molecule has 5 heteroatoms. The highest BCUT2D eigenvalue weighted by Crippen LogP contribution is 2.19. The molecule has 2 heterocycles. The zero-order valence-electron chi connectivity index (χ0n) is 14.0. The van der Waals surface area contributed by atoms with Gasteiger partial charge in [-0.1, -0.05) is 12.1 Å². The maximum atomic E-state index is 12.4. The molecule has 1 aliphatic heterocycles. The van der Waals surface area contributed by atoms with Crippen LogP contribution in [0, 0.1) is 6.92 Å². The Morgan fingerprint density at radius 3 is 2.65 bits per heavy atom. The van der Waals surface area contributed by atoms with E-state index in [4.69, 9.17) is 0 Å². The van der Waals surface area contributed by atoms with Crippen molar-refractivity contribution in [3.63, 3.8) is 0 Å². The molecular weight excluding hydrogens is 288 g/mol. The Balaban J connectivity index is 1.67. The molecule has 5 nitrogen and oxygen atoms in total. The van der Waals surface area contributed by atoms with E-state index in [2.05, 4.69) is 39.5 Å². The zero-order valence-corrected chi connectivity index (χ0v) is 14.0. The van der Waals surface area contributed by atoms with E-state index in [-0.39, 0.29) is 18.0 Å². The number of hydrogen-bond acceptors (Lipinski definition) is 3. The standard InChI is InChI=1S/C18H24N4O/c1-13(20-18(23)17-5-4-11-21(17)3)15-6-8-16(9-7-15)22-12-10-19-14(22)2/h6-10,12-13,17H,4-5,11H2,1-3H3,(H,20,23). The van der Waals surface area contributed by atoms with Crippen LogP contribution in [0.15, 0.2) is 36.7 Å². The van der Waals surface area contributed by atoms with Crippen molar-refractivity contribution in [1.29, 1.82) is 0 Å². The molecule has 2 atom stereocenters. The number of hydrogen-bond donors (Lipinski definition) is 1. The zero-order chi connectivity index (χ0) is 16.4. The topological polar surface area (TPSA) is 50.2 Å². The third-order valence-corrected chi connectivity index (χ3v) is 4.68. The van der Waals surface area contributed by atoms with Crippen molar-refractivity contribution in [1.82, 2.24) is 19.8 Å². The largest absolute Gasteiger partial charge is 0.348 e. The van der Waals surface area contributed by atoms with E-state index in [1.807, 2.05) is 31.7 Å². The molecule has 122 valence electrons. The number of amides is 1. The quantitative estimate of drug-likeness (QED) is 0.943. The van der Waals surface area contributed by atoms with Gasteiger partial charge in [0.2, 0.25) is 5.91 Å². The Hall–Kier alpha value is -2.14. The van der Waals surface area contributed by atoms with Gasteiger partial charge in [0, 0.05) is 18.1 Å². The molecule has 0 spiro atoms. The summed E-state index contributed by atoms with van der Waals surface area (Å²) in [6.07, 6.45) is 5.80. The average Bonchev–Trinajstić information content (AvgIpc) is 3.15. The van der Waals surface area contributed by atoms with Crippen molar-refractivity contribution in [2.24, 2.45) is 0 Å². The van der Waals surface area contributed by atoms with Gasteiger partial charge in [0.05, 0.1) is 12.1 Å². The first-order valence-corrected chi connectivity index (χ1v) is 8.17. The molecule has 0 saturated carbocycles. The summed E-state index contributed by atoms with van der Waals surface area (Å²) >= 11 is 0. The van der Waals surface area contributed by atoms with E-state index in [9.17, 15) is 4.79 Å². The molecule has 1 fully saturated rings. The molecule has 23 heavy (non-hydrogen) atoms. The van der Waals surface area contributed by atoms with Gasteiger partial charge in [-0.25, -0.2) is 4.98 Å². The van der Waals surface area contributed by atoms with Crippen LogP contribution in [0.1, 0.15) is 37.2 Å². The molecule has 3 rings (SSSR count). The Morgan fingerprint density at radius 1 is 1.35 bits per heavy atom. The number of imidazole rings is 1. The lowest BCUT2D eigenvalue weighted by Crippen LogP contribution is -2.42. The van der Waals surface area contributed by atoms with E-state index >= 15 is 0 Å². The number of rotatable bonds is 4. The summed E-state index contributed by atoms with van der Waals surface area (Å²) in [6, 6.07) is 8.29. The highest BCUT2D eigenvalue weighted by Gasteiger charge is 2.28. The third-order valence-electron chi connectivity index (χ3n) is 4.68. The second-order valence-electron chi connectivity index (χ2n) is 6.30. The molecule has 1 saturated heterocycles. The number of aromatic nitrogens is 2.